The lowest BCUT2D eigenvalue weighted by Crippen LogP contribution is -2.84. The molecule has 3 saturated carbocycles. The quantitative estimate of drug-likeness (QED) is 0.668. The smallest absolute Gasteiger partial charge is 0.264 e. The number of nitrogens with one attached hydrogen (secondary N) is 1. The van der Waals surface area contributed by atoms with Gasteiger partial charge in [0.25, 0.3) is 16.0 Å². The molecule has 7 nitrogen and oxygen atoms in total. The van der Waals surface area contributed by atoms with Gasteiger partial charge in [-0.2, -0.15) is 8.42 Å². The maximum absolute atomic E-state index is 12.2. The van der Waals surface area contributed by atoms with Gasteiger partial charge in [-0.25, -0.2) is 0 Å². The van der Waals surface area contributed by atoms with Gasteiger partial charge in [0.05, 0.1) is 12.4 Å². The topological polar surface area (TPSA) is 84.9 Å². The van der Waals surface area contributed by atoms with Gasteiger partial charge in [-0.15, -0.1) is 0 Å². The molecule has 0 radical (unpaired) electrons. The lowest BCUT2D eigenvalue weighted by atomic mass is 9.43. The number of hydrogen-bond donors (Lipinski definition) is 1. The van der Waals surface area contributed by atoms with Crippen LogP contribution in [0.3, 0.4) is 0 Å². The third-order valence-electron chi connectivity index (χ3n) is 6.01. The maximum atomic E-state index is 12.2. The first-order valence-corrected chi connectivity index (χ1v) is 11.7. The Bertz CT molecular complexity index is 830. The maximum Gasteiger partial charge on any atom is 0.264 e. The van der Waals surface area contributed by atoms with Crippen LogP contribution in [0.4, 0.5) is 0 Å². The van der Waals surface area contributed by atoms with E-state index in [0.29, 0.717) is 10.8 Å². The van der Waals surface area contributed by atoms with Gasteiger partial charge in [0.2, 0.25) is 0 Å². The van der Waals surface area contributed by atoms with Gasteiger partial charge >= 0.3 is 0 Å². The molecule has 0 spiro atoms. The van der Waals surface area contributed by atoms with Crippen LogP contribution in [0.15, 0.2) is 24.3 Å². The third kappa shape index (κ3) is 4.15. The highest BCUT2D eigenvalue weighted by Gasteiger charge is 2.70. The van der Waals surface area contributed by atoms with E-state index in [1.54, 1.807) is 24.3 Å². The van der Waals surface area contributed by atoms with Crippen LogP contribution in [0.2, 0.25) is 5.02 Å². The number of nitrogens with zero attached hydrogens (tertiary/aromatic N) is 1. The molecule has 154 valence electrons. The lowest BCUT2D eigenvalue weighted by Gasteiger charge is -2.74. The van der Waals surface area contributed by atoms with E-state index in [1.807, 2.05) is 0 Å². The van der Waals surface area contributed by atoms with Crippen LogP contribution in [0, 0.1) is 0 Å². The molecule has 9 heteroatoms. The Balaban J connectivity index is 1.19. The summed E-state index contributed by atoms with van der Waals surface area (Å²) in [6.45, 7) is 1.67. The van der Waals surface area contributed by atoms with Crippen LogP contribution < -0.4 is 10.1 Å². The molecule has 1 aromatic rings. The molecule has 1 N–H and O–H groups in total. The zero-order valence-electron chi connectivity index (χ0n) is 15.8. The second kappa shape index (κ2) is 7.16. The van der Waals surface area contributed by atoms with Gasteiger partial charge in [0.15, 0.2) is 6.61 Å². The van der Waals surface area contributed by atoms with E-state index in [9.17, 15) is 13.2 Å². The van der Waals surface area contributed by atoms with Gasteiger partial charge in [-0.3, -0.25) is 13.9 Å². The van der Waals surface area contributed by atoms with Crippen LogP contribution in [0.1, 0.15) is 32.1 Å². The molecule has 4 aliphatic rings. The number of amides is 1. The van der Waals surface area contributed by atoms with E-state index in [1.165, 1.54) is 0 Å². The van der Waals surface area contributed by atoms with Gasteiger partial charge in [-0.1, -0.05) is 11.6 Å². The van der Waals surface area contributed by atoms with Gasteiger partial charge in [0.1, 0.15) is 5.75 Å². The molecule has 0 unspecified atom stereocenters. The largest absolute Gasteiger partial charge is 0.484 e. The summed E-state index contributed by atoms with van der Waals surface area (Å²) >= 11 is 5.83. The highest BCUT2D eigenvalue weighted by molar-refractivity contribution is 7.86. The summed E-state index contributed by atoms with van der Waals surface area (Å²) in [5, 5.41) is 3.75. The van der Waals surface area contributed by atoms with Crippen molar-refractivity contribution < 1.29 is 22.1 Å². The molecule has 1 amide bonds. The first-order valence-electron chi connectivity index (χ1n) is 9.50. The van der Waals surface area contributed by atoms with Crippen LogP contribution in [0.5, 0.6) is 5.75 Å². The van der Waals surface area contributed by atoms with Crippen molar-refractivity contribution in [3.05, 3.63) is 29.3 Å². The second-order valence-corrected chi connectivity index (χ2v) is 10.3. The Morgan fingerprint density at radius 3 is 2.39 bits per heavy atom. The predicted octanol–water partition coefficient (Wildman–Crippen LogP) is 1.95. The van der Waals surface area contributed by atoms with Crippen LogP contribution >= 0.6 is 11.6 Å². The van der Waals surface area contributed by atoms with E-state index in [0.717, 1.165) is 51.4 Å². The summed E-state index contributed by atoms with van der Waals surface area (Å²) in [6, 6.07) is 6.93. The van der Waals surface area contributed by atoms with Crippen molar-refractivity contribution in [2.45, 2.75) is 49.3 Å². The first-order chi connectivity index (χ1) is 13.2. The SMILES string of the molecule is CS(=O)(=O)OC1CCN(C23CC(NC(=O)COc4ccc(Cl)cc4)(C2)C3)CC1. The van der Waals surface area contributed by atoms with Crippen molar-refractivity contribution in [2.75, 3.05) is 26.0 Å². The highest BCUT2D eigenvalue weighted by Crippen LogP contribution is 2.63. The number of rotatable bonds is 7. The number of hydrogen-bond acceptors (Lipinski definition) is 6. The summed E-state index contributed by atoms with van der Waals surface area (Å²) in [6.07, 6.45) is 5.19. The number of carbonyl (C=O) groups excluding carboxylic acids is 1. The highest BCUT2D eigenvalue weighted by atomic mass is 35.5. The summed E-state index contributed by atoms with van der Waals surface area (Å²) in [7, 11) is -3.39. The Hall–Kier alpha value is -1.35. The van der Waals surface area contributed by atoms with Crippen molar-refractivity contribution in [3.63, 3.8) is 0 Å². The van der Waals surface area contributed by atoms with E-state index >= 15 is 0 Å². The van der Waals surface area contributed by atoms with Crippen molar-refractivity contribution in [3.8, 4) is 5.75 Å². The molecule has 2 bridgehead atoms. The standard InChI is InChI=1S/C19H25ClN2O5S/c1-28(24,25)27-16-6-8-22(9-7-16)19-11-18(12-19,13-19)21-17(23)10-26-15-4-2-14(20)3-5-15/h2-5,16H,6-13H2,1H3,(H,21,23). The first kappa shape index (κ1) is 19.9. The number of carbonyl (C=O) groups is 1. The molecule has 4 fully saturated rings. The van der Waals surface area contributed by atoms with Crippen LogP contribution in [-0.2, 0) is 19.1 Å². The number of piperidine rings is 1. The molecule has 0 aromatic heterocycles. The number of likely N-dealkylation sites (tertiary alicyclic amines) is 1. The summed E-state index contributed by atoms with van der Waals surface area (Å²) < 4.78 is 33.1. The fraction of sp³-hybridized carbons (Fsp3) is 0.632. The Morgan fingerprint density at radius 1 is 1.21 bits per heavy atom. The fourth-order valence-corrected chi connectivity index (χ4v) is 5.70. The minimum absolute atomic E-state index is 0.00932. The normalized spacial score (nSPS) is 30.2. The minimum Gasteiger partial charge on any atom is -0.484 e. The van der Waals surface area contributed by atoms with Crippen molar-refractivity contribution in [1.29, 1.82) is 0 Å². The lowest BCUT2D eigenvalue weighted by molar-refractivity contribution is -0.190. The van der Waals surface area contributed by atoms with Crippen LogP contribution in [0.25, 0.3) is 0 Å². The minimum atomic E-state index is -3.39. The average Bonchev–Trinajstić information content (AvgIpc) is 2.56. The molecule has 3 aliphatic carbocycles. The van der Waals surface area contributed by atoms with Gasteiger partial charge in [0, 0.05) is 29.2 Å². The zero-order chi connectivity index (χ0) is 20.0. The van der Waals surface area contributed by atoms with Crippen molar-refractivity contribution >= 4 is 27.6 Å². The Labute approximate surface area is 170 Å². The monoisotopic (exact) mass is 428 g/mol. The molecule has 0 atom stereocenters. The predicted molar refractivity (Wildman–Crippen MR) is 105 cm³/mol. The van der Waals surface area contributed by atoms with Crippen molar-refractivity contribution in [2.24, 2.45) is 0 Å². The molecular weight excluding hydrogens is 404 g/mol. The fourth-order valence-electron chi connectivity index (χ4n) is 4.89. The molecule has 1 heterocycles. The van der Waals surface area contributed by atoms with Gasteiger partial charge in [-0.05, 0) is 56.4 Å². The molecular formula is C19H25ClN2O5S. The molecule has 1 aromatic carbocycles. The molecule has 1 aliphatic heterocycles. The van der Waals surface area contributed by atoms with E-state index in [4.69, 9.17) is 20.5 Å². The second-order valence-electron chi connectivity index (χ2n) is 8.31. The summed E-state index contributed by atoms with van der Waals surface area (Å²) in [5.41, 5.74) is 0.0704. The Kier molecular flexibility index (Phi) is 5.10. The summed E-state index contributed by atoms with van der Waals surface area (Å²) in [4.78, 5) is 14.7. The number of halogens is 1. The van der Waals surface area contributed by atoms with E-state index in [-0.39, 0.29) is 29.7 Å². The summed E-state index contributed by atoms with van der Waals surface area (Å²) in [5.74, 6) is 0.510. The van der Waals surface area contributed by atoms with E-state index < -0.39 is 10.1 Å². The van der Waals surface area contributed by atoms with E-state index in [2.05, 4.69) is 10.2 Å². The molecule has 28 heavy (non-hydrogen) atoms. The average molecular weight is 429 g/mol. The van der Waals surface area contributed by atoms with Crippen molar-refractivity contribution in [1.82, 2.24) is 10.2 Å². The number of benzene rings is 1. The molecule has 1 saturated heterocycles. The number of ether oxygens (including phenoxy) is 1. The molecule has 5 rings (SSSR count). The van der Waals surface area contributed by atoms with Crippen LogP contribution in [-0.4, -0.2) is 62.4 Å². The Morgan fingerprint density at radius 2 is 1.82 bits per heavy atom. The van der Waals surface area contributed by atoms with Gasteiger partial charge < -0.3 is 10.1 Å². The third-order valence-corrected chi connectivity index (χ3v) is 6.89. The zero-order valence-corrected chi connectivity index (χ0v) is 17.4.